The summed E-state index contributed by atoms with van der Waals surface area (Å²) in [5, 5.41) is 7.30. The van der Waals surface area contributed by atoms with Crippen LogP contribution in [0.2, 0.25) is 0 Å². The molecule has 0 atom stereocenters. The van der Waals surface area contributed by atoms with Gasteiger partial charge in [-0.25, -0.2) is 4.68 Å². The predicted molar refractivity (Wildman–Crippen MR) is 124 cm³/mol. The van der Waals surface area contributed by atoms with Crippen LogP contribution in [0.3, 0.4) is 0 Å². The predicted octanol–water partition coefficient (Wildman–Crippen LogP) is 2.35. The molecule has 0 unspecified atom stereocenters. The van der Waals surface area contributed by atoms with Gasteiger partial charge < -0.3 is 10.2 Å². The van der Waals surface area contributed by atoms with Crippen LogP contribution in [0.5, 0.6) is 0 Å². The second kappa shape index (κ2) is 10.5. The Morgan fingerprint density at radius 1 is 0.938 bits per heavy atom. The Morgan fingerprint density at radius 3 is 2.34 bits per heavy atom. The van der Waals surface area contributed by atoms with Crippen molar-refractivity contribution in [3.8, 4) is 5.69 Å². The average Bonchev–Trinajstić information content (AvgIpc) is 3.32. The fourth-order valence-corrected chi connectivity index (χ4v) is 3.60. The maximum atomic E-state index is 12.6. The lowest BCUT2D eigenvalue weighted by molar-refractivity contribution is -0.128. The minimum absolute atomic E-state index is 0.00366. The standard InChI is InChI=1S/C25H27N5O2/c31-24(26-17-21-7-3-1-4-8-21)20-28-13-15-29(16-14-28)25(32)12-11-22-18-27-30(19-22)23-9-5-2-6-10-23/h1-12,18-19H,13-17,20H2,(H,26,31)/b12-11+. The van der Waals surface area contributed by atoms with Crippen LogP contribution in [0.1, 0.15) is 11.1 Å². The van der Waals surface area contributed by atoms with Gasteiger partial charge in [-0.05, 0) is 23.8 Å². The molecule has 164 valence electrons. The number of amides is 2. The number of benzene rings is 2. The van der Waals surface area contributed by atoms with E-state index in [1.165, 1.54) is 0 Å². The highest BCUT2D eigenvalue weighted by Gasteiger charge is 2.21. The van der Waals surface area contributed by atoms with Gasteiger partial charge in [-0.2, -0.15) is 5.10 Å². The third-order valence-corrected chi connectivity index (χ3v) is 5.43. The van der Waals surface area contributed by atoms with Crippen LogP contribution in [0.4, 0.5) is 0 Å². The second-order valence-electron chi connectivity index (χ2n) is 7.75. The van der Waals surface area contributed by atoms with Crippen LogP contribution in [0.15, 0.2) is 79.1 Å². The minimum atomic E-state index is -0.0226. The lowest BCUT2D eigenvalue weighted by Crippen LogP contribution is -2.50. The number of nitrogens with one attached hydrogen (secondary N) is 1. The summed E-state index contributed by atoms with van der Waals surface area (Å²) < 4.78 is 1.78. The SMILES string of the molecule is O=C(CN1CCN(C(=O)/C=C/c2cnn(-c3ccccc3)c2)CC1)NCc1ccccc1. The zero-order chi connectivity index (χ0) is 22.2. The smallest absolute Gasteiger partial charge is 0.246 e. The fraction of sp³-hybridized carbons (Fsp3) is 0.240. The van der Waals surface area contributed by atoms with Gasteiger partial charge in [0.15, 0.2) is 0 Å². The highest BCUT2D eigenvalue weighted by Crippen LogP contribution is 2.10. The van der Waals surface area contributed by atoms with Gasteiger partial charge >= 0.3 is 0 Å². The average molecular weight is 430 g/mol. The molecule has 1 saturated heterocycles. The van der Waals surface area contributed by atoms with E-state index >= 15 is 0 Å². The molecule has 0 bridgehead atoms. The topological polar surface area (TPSA) is 70.5 Å². The second-order valence-corrected chi connectivity index (χ2v) is 7.75. The Hall–Kier alpha value is -3.71. The Kier molecular flexibility index (Phi) is 7.09. The van der Waals surface area contributed by atoms with Crippen molar-refractivity contribution in [2.24, 2.45) is 0 Å². The normalized spacial score (nSPS) is 14.6. The van der Waals surface area contributed by atoms with Crippen molar-refractivity contribution in [1.29, 1.82) is 0 Å². The van der Waals surface area contributed by atoms with Crippen molar-refractivity contribution in [3.63, 3.8) is 0 Å². The lowest BCUT2D eigenvalue weighted by Gasteiger charge is -2.33. The van der Waals surface area contributed by atoms with Gasteiger partial charge in [-0.15, -0.1) is 0 Å². The molecule has 32 heavy (non-hydrogen) atoms. The Labute approximate surface area is 187 Å². The number of para-hydroxylation sites is 1. The molecule has 1 N–H and O–H groups in total. The quantitative estimate of drug-likeness (QED) is 0.586. The summed E-state index contributed by atoms with van der Waals surface area (Å²) in [6.07, 6.45) is 7.01. The molecule has 2 amide bonds. The van der Waals surface area contributed by atoms with Gasteiger partial charge in [0.2, 0.25) is 11.8 Å². The molecule has 1 aromatic heterocycles. The lowest BCUT2D eigenvalue weighted by atomic mass is 10.2. The number of hydrogen-bond acceptors (Lipinski definition) is 4. The number of carbonyl (C=O) groups excluding carboxylic acids is 2. The van der Waals surface area contributed by atoms with Gasteiger partial charge in [0.1, 0.15) is 0 Å². The van der Waals surface area contributed by atoms with Gasteiger partial charge in [-0.1, -0.05) is 48.5 Å². The van der Waals surface area contributed by atoms with Gasteiger partial charge in [0, 0.05) is 50.6 Å². The van der Waals surface area contributed by atoms with Crippen LogP contribution in [0.25, 0.3) is 11.8 Å². The largest absolute Gasteiger partial charge is 0.351 e. The van der Waals surface area contributed by atoms with Crippen molar-refractivity contribution >= 4 is 17.9 Å². The van der Waals surface area contributed by atoms with E-state index in [0.717, 1.165) is 16.8 Å². The first-order valence-corrected chi connectivity index (χ1v) is 10.8. The summed E-state index contributed by atoms with van der Waals surface area (Å²) in [4.78, 5) is 28.7. The van der Waals surface area contributed by atoms with Crippen molar-refractivity contribution < 1.29 is 9.59 Å². The number of rotatable bonds is 7. The Balaban J connectivity index is 1.20. The van der Waals surface area contributed by atoms with E-state index in [4.69, 9.17) is 0 Å². The number of piperazine rings is 1. The van der Waals surface area contributed by atoms with E-state index < -0.39 is 0 Å². The van der Waals surface area contributed by atoms with Crippen LogP contribution < -0.4 is 5.32 Å². The van der Waals surface area contributed by atoms with Gasteiger partial charge in [-0.3, -0.25) is 14.5 Å². The zero-order valence-corrected chi connectivity index (χ0v) is 17.9. The van der Waals surface area contributed by atoms with Crippen LogP contribution in [-0.4, -0.2) is 64.1 Å². The van der Waals surface area contributed by atoms with Crippen molar-refractivity contribution in [2.45, 2.75) is 6.54 Å². The first-order chi connectivity index (χ1) is 15.7. The van der Waals surface area contributed by atoms with Crippen molar-refractivity contribution in [1.82, 2.24) is 24.9 Å². The van der Waals surface area contributed by atoms with Crippen LogP contribution >= 0.6 is 0 Å². The third kappa shape index (κ3) is 5.92. The van der Waals surface area contributed by atoms with Crippen molar-refractivity contribution in [2.75, 3.05) is 32.7 Å². The summed E-state index contributed by atoms with van der Waals surface area (Å²) in [5.74, 6) is -0.0189. The van der Waals surface area contributed by atoms with E-state index in [1.807, 2.05) is 71.8 Å². The van der Waals surface area contributed by atoms with Crippen LogP contribution in [0, 0.1) is 0 Å². The number of nitrogens with zero attached hydrogens (tertiary/aromatic N) is 4. The van der Waals surface area contributed by atoms with Gasteiger partial charge in [0.25, 0.3) is 0 Å². The molecular weight excluding hydrogens is 402 g/mol. The maximum Gasteiger partial charge on any atom is 0.246 e. The molecule has 0 spiro atoms. The first-order valence-electron chi connectivity index (χ1n) is 10.8. The van der Waals surface area contributed by atoms with E-state index in [2.05, 4.69) is 15.3 Å². The van der Waals surface area contributed by atoms with E-state index in [9.17, 15) is 9.59 Å². The van der Waals surface area contributed by atoms with Crippen LogP contribution in [-0.2, 0) is 16.1 Å². The molecule has 0 aliphatic carbocycles. The fourth-order valence-electron chi connectivity index (χ4n) is 3.60. The molecule has 1 aliphatic heterocycles. The molecule has 3 aromatic rings. The molecular formula is C25H27N5O2. The minimum Gasteiger partial charge on any atom is -0.351 e. The molecule has 1 fully saturated rings. The molecule has 7 nitrogen and oxygen atoms in total. The van der Waals surface area contributed by atoms with Gasteiger partial charge in [0.05, 0.1) is 18.4 Å². The molecule has 1 aliphatic rings. The maximum absolute atomic E-state index is 12.6. The summed E-state index contributed by atoms with van der Waals surface area (Å²) >= 11 is 0. The van der Waals surface area contributed by atoms with E-state index in [0.29, 0.717) is 39.3 Å². The monoisotopic (exact) mass is 429 g/mol. The number of carbonyl (C=O) groups is 2. The van der Waals surface area contributed by atoms with Crippen molar-refractivity contribution in [3.05, 3.63) is 90.3 Å². The third-order valence-electron chi connectivity index (χ3n) is 5.43. The van der Waals surface area contributed by atoms with E-state index in [1.54, 1.807) is 23.0 Å². The molecule has 7 heteroatoms. The molecule has 4 rings (SSSR count). The highest BCUT2D eigenvalue weighted by atomic mass is 16.2. The summed E-state index contributed by atoms with van der Waals surface area (Å²) in [6.45, 7) is 3.47. The number of aromatic nitrogens is 2. The molecule has 0 radical (unpaired) electrons. The highest BCUT2D eigenvalue weighted by molar-refractivity contribution is 5.91. The van der Waals surface area contributed by atoms with E-state index in [-0.39, 0.29) is 11.8 Å². The first kappa shape index (κ1) is 21.5. The summed E-state index contributed by atoms with van der Waals surface area (Å²) in [6, 6.07) is 19.7. The molecule has 0 saturated carbocycles. The summed E-state index contributed by atoms with van der Waals surface area (Å²) in [7, 11) is 0. The Morgan fingerprint density at radius 2 is 1.62 bits per heavy atom. The Bertz CT molecular complexity index is 1050. The molecule has 2 heterocycles. The summed E-state index contributed by atoms with van der Waals surface area (Å²) in [5.41, 5.74) is 2.93. The number of hydrogen-bond donors (Lipinski definition) is 1. The zero-order valence-electron chi connectivity index (χ0n) is 17.9. The molecule has 2 aromatic carbocycles.